The van der Waals surface area contributed by atoms with Gasteiger partial charge in [-0.25, -0.2) is 0 Å². The molecule has 0 bridgehead atoms. The highest BCUT2D eigenvalue weighted by atomic mass is 16.5. The van der Waals surface area contributed by atoms with E-state index in [9.17, 15) is 4.79 Å². The third kappa shape index (κ3) is 4.39. The number of amides is 1. The van der Waals surface area contributed by atoms with Gasteiger partial charge in [0, 0.05) is 12.6 Å². The summed E-state index contributed by atoms with van der Waals surface area (Å²) in [4.78, 5) is 15.1. The number of nitrogens with one attached hydrogen (secondary N) is 1. The number of methoxy groups -OCH3 is 1. The molecule has 4 rings (SSSR count). The summed E-state index contributed by atoms with van der Waals surface area (Å²) in [7, 11) is 1.69. The van der Waals surface area contributed by atoms with E-state index in [4.69, 9.17) is 4.74 Å². The van der Waals surface area contributed by atoms with Crippen molar-refractivity contribution in [2.45, 2.75) is 57.2 Å². The Morgan fingerprint density at radius 3 is 2.57 bits per heavy atom. The molecule has 2 aromatic rings. The molecule has 4 heteroatoms. The molecule has 2 aliphatic rings. The second kappa shape index (κ2) is 8.78. The molecule has 1 saturated carbocycles. The van der Waals surface area contributed by atoms with Gasteiger partial charge in [0.05, 0.1) is 13.2 Å². The minimum absolute atomic E-state index is 0.0265. The lowest BCUT2D eigenvalue weighted by atomic mass is 10.0. The first kappa shape index (κ1) is 19.0. The summed E-state index contributed by atoms with van der Waals surface area (Å²) in [6.07, 6.45) is 6.86. The molecule has 1 N–H and O–H groups in total. The van der Waals surface area contributed by atoms with E-state index in [-0.39, 0.29) is 11.9 Å². The highest BCUT2D eigenvalue weighted by Crippen LogP contribution is 2.26. The molecule has 1 unspecified atom stereocenters. The highest BCUT2D eigenvalue weighted by molar-refractivity contribution is 5.82. The Kier molecular flexibility index (Phi) is 5.96. The Bertz CT molecular complexity index is 797. The van der Waals surface area contributed by atoms with Gasteiger partial charge in [-0.2, -0.15) is 0 Å². The lowest BCUT2D eigenvalue weighted by Crippen LogP contribution is -2.46. The number of nitrogens with zero attached hydrogens (tertiary/aromatic N) is 1. The van der Waals surface area contributed by atoms with Gasteiger partial charge in [-0.15, -0.1) is 0 Å². The normalized spacial score (nSPS) is 20.4. The molecular weight excluding hydrogens is 348 g/mol. The summed E-state index contributed by atoms with van der Waals surface area (Å²) >= 11 is 0. The second-order valence-corrected chi connectivity index (χ2v) is 8.05. The minimum Gasteiger partial charge on any atom is -0.497 e. The molecule has 2 fully saturated rings. The zero-order chi connectivity index (χ0) is 19.3. The van der Waals surface area contributed by atoms with E-state index in [0.29, 0.717) is 6.04 Å². The number of carbonyl (C=O) groups excluding carboxylic acids is 1. The van der Waals surface area contributed by atoms with Gasteiger partial charge in [0.15, 0.2) is 0 Å². The van der Waals surface area contributed by atoms with Crippen molar-refractivity contribution in [2.75, 3.05) is 13.7 Å². The average Bonchev–Trinajstić information content (AvgIpc) is 3.40. The number of hydrogen-bond acceptors (Lipinski definition) is 3. The number of carbonyl (C=O) groups is 1. The third-order valence-electron chi connectivity index (χ3n) is 6.11. The van der Waals surface area contributed by atoms with E-state index in [1.165, 1.54) is 24.0 Å². The van der Waals surface area contributed by atoms with Crippen LogP contribution in [0.3, 0.4) is 0 Å². The second-order valence-electron chi connectivity index (χ2n) is 8.05. The monoisotopic (exact) mass is 378 g/mol. The van der Waals surface area contributed by atoms with Crippen molar-refractivity contribution >= 4 is 5.91 Å². The van der Waals surface area contributed by atoms with Crippen LogP contribution in [-0.2, 0) is 11.3 Å². The number of ether oxygens (including phenoxy) is 1. The Balaban J connectivity index is 1.39. The van der Waals surface area contributed by atoms with Crippen molar-refractivity contribution < 1.29 is 9.53 Å². The fraction of sp³-hybridized carbons (Fsp3) is 0.458. The molecule has 4 nitrogen and oxygen atoms in total. The maximum absolute atomic E-state index is 12.7. The van der Waals surface area contributed by atoms with Gasteiger partial charge < -0.3 is 10.1 Å². The molecule has 1 aliphatic carbocycles. The lowest BCUT2D eigenvalue weighted by Gasteiger charge is -2.25. The molecule has 28 heavy (non-hydrogen) atoms. The largest absolute Gasteiger partial charge is 0.497 e. The van der Waals surface area contributed by atoms with Crippen LogP contribution < -0.4 is 10.1 Å². The number of rotatable bonds is 6. The van der Waals surface area contributed by atoms with Gasteiger partial charge in [-0.3, -0.25) is 9.69 Å². The Morgan fingerprint density at radius 1 is 1.04 bits per heavy atom. The quantitative estimate of drug-likeness (QED) is 0.811. The van der Waals surface area contributed by atoms with Crippen LogP contribution in [0, 0.1) is 0 Å². The van der Waals surface area contributed by atoms with Gasteiger partial charge in [0.1, 0.15) is 5.75 Å². The summed E-state index contributed by atoms with van der Waals surface area (Å²) in [6.45, 7) is 1.83. The Labute approximate surface area is 167 Å². The van der Waals surface area contributed by atoms with Gasteiger partial charge in [-0.05, 0) is 61.1 Å². The highest BCUT2D eigenvalue weighted by Gasteiger charge is 2.32. The van der Waals surface area contributed by atoms with E-state index < -0.39 is 0 Å². The zero-order valence-corrected chi connectivity index (χ0v) is 16.7. The van der Waals surface area contributed by atoms with Crippen LogP contribution in [0.1, 0.15) is 44.1 Å². The lowest BCUT2D eigenvalue weighted by molar-refractivity contribution is -0.126. The summed E-state index contributed by atoms with van der Waals surface area (Å²) in [5.41, 5.74) is 3.59. The van der Waals surface area contributed by atoms with Crippen molar-refractivity contribution in [1.82, 2.24) is 10.2 Å². The van der Waals surface area contributed by atoms with Gasteiger partial charge in [-0.1, -0.05) is 49.2 Å². The van der Waals surface area contributed by atoms with E-state index >= 15 is 0 Å². The van der Waals surface area contributed by atoms with Gasteiger partial charge in [0.25, 0.3) is 0 Å². The van der Waals surface area contributed by atoms with E-state index in [0.717, 1.165) is 50.1 Å². The molecule has 1 aliphatic heterocycles. The summed E-state index contributed by atoms with van der Waals surface area (Å²) in [5.74, 6) is 1.10. The summed E-state index contributed by atoms with van der Waals surface area (Å²) < 4.78 is 5.33. The summed E-state index contributed by atoms with van der Waals surface area (Å²) in [5, 5.41) is 3.29. The SMILES string of the molecule is COc1cccc(-c2ccc(CN3CCCC3C(=O)NC3CCCC3)cc2)c1. The predicted molar refractivity (Wildman–Crippen MR) is 112 cm³/mol. The first-order chi connectivity index (χ1) is 13.7. The molecular formula is C24H30N2O2. The standard InChI is InChI=1S/C24H30N2O2/c1-28-22-9-4-6-20(16-22)19-13-11-18(12-14-19)17-26-15-5-10-23(26)24(27)25-21-7-2-3-8-21/h4,6,9,11-14,16,21,23H,2-3,5,7-8,10,15,17H2,1H3,(H,25,27). The predicted octanol–water partition coefficient (Wildman–Crippen LogP) is 4.39. The zero-order valence-electron chi connectivity index (χ0n) is 16.7. The van der Waals surface area contributed by atoms with Crippen molar-refractivity contribution in [3.63, 3.8) is 0 Å². The van der Waals surface area contributed by atoms with Gasteiger partial charge in [0.2, 0.25) is 5.91 Å². The van der Waals surface area contributed by atoms with Crippen molar-refractivity contribution in [2.24, 2.45) is 0 Å². The molecule has 0 aromatic heterocycles. The van der Waals surface area contributed by atoms with Crippen LogP contribution in [0.5, 0.6) is 5.75 Å². The van der Waals surface area contributed by atoms with Crippen LogP contribution in [-0.4, -0.2) is 36.5 Å². The molecule has 2 aromatic carbocycles. The Hall–Kier alpha value is -2.33. The number of likely N-dealkylation sites (tertiary alicyclic amines) is 1. The van der Waals surface area contributed by atoms with Crippen LogP contribution >= 0.6 is 0 Å². The molecule has 1 saturated heterocycles. The number of hydrogen-bond donors (Lipinski definition) is 1. The summed E-state index contributed by atoms with van der Waals surface area (Å²) in [6, 6.07) is 17.2. The fourth-order valence-electron chi connectivity index (χ4n) is 4.52. The maximum atomic E-state index is 12.7. The van der Waals surface area contributed by atoms with Crippen LogP contribution in [0.25, 0.3) is 11.1 Å². The molecule has 1 heterocycles. The van der Waals surface area contributed by atoms with E-state index in [1.807, 2.05) is 12.1 Å². The van der Waals surface area contributed by atoms with E-state index in [2.05, 4.69) is 46.6 Å². The smallest absolute Gasteiger partial charge is 0.237 e. The first-order valence-corrected chi connectivity index (χ1v) is 10.5. The van der Waals surface area contributed by atoms with E-state index in [1.54, 1.807) is 7.11 Å². The fourth-order valence-corrected chi connectivity index (χ4v) is 4.52. The average molecular weight is 379 g/mol. The van der Waals surface area contributed by atoms with Crippen molar-refractivity contribution in [3.05, 3.63) is 54.1 Å². The van der Waals surface area contributed by atoms with Crippen molar-refractivity contribution in [3.8, 4) is 16.9 Å². The topological polar surface area (TPSA) is 41.6 Å². The van der Waals surface area contributed by atoms with Crippen molar-refractivity contribution in [1.29, 1.82) is 0 Å². The molecule has 0 radical (unpaired) electrons. The van der Waals surface area contributed by atoms with Gasteiger partial charge >= 0.3 is 0 Å². The molecule has 1 atom stereocenters. The van der Waals surface area contributed by atoms with Crippen LogP contribution in [0.4, 0.5) is 0 Å². The van der Waals surface area contributed by atoms with Crippen LogP contribution in [0.15, 0.2) is 48.5 Å². The Morgan fingerprint density at radius 2 is 1.82 bits per heavy atom. The molecule has 148 valence electrons. The maximum Gasteiger partial charge on any atom is 0.237 e. The minimum atomic E-state index is 0.0265. The third-order valence-corrected chi connectivity index (χ3v) is 6.11. The number of benzene rings is 2. The molecule has 1 amide bonds. The molecule has 0 spiro atoms. The first-order valence-electron chi connectivity index (χ1n) is 10.5. The van der Waals surface area contributed by atoms with Crippen LogP contribution in [0.2, 0.25) is 0 Å².